The first-order valence-corrected chi connectivity index (χ1v) is 6.21. The molecule has 0 radical (unpaired) electrons. The van der Waals surface area contributed by atoms with Crippen LogP contribution in [0.4, 0.5) is 10.2 Å². The standard InChI is InChI=1S/C14H14FN3O/c1-8-12(16)17-13(9-2-3-9)18-14(8)19-11-6-4-10(15)5-7-11/h4-7,9H,2-3H2,1H3,(H2,16,17,18). The van der Waals surface area contributed by atoms with Gasteiger partial charge in [0.15, 0.2) is 0 Å². The Hall–Kier alpha value is -2.17. The van der Waals surface area contributed by atoms with Gasteiger partial charge in [0, 0.05) is 5.92 Å². The Kier molecular flexibility index (Phi) is 2.81. The highest BCUT2D eigenvalue weighted by Crippen LogP contribution is 2.40. The Morgan fingerprint density at radius 1 is 1.21 bits per heavy atom. The fourth-order valence-corrected chi connectivity index (χ4v) is 1.77. The van der Waals surface area contributed by atoms with Crippen LogP contribution in [0.1, 0.15) is 30.1 Å². The number of nitrogens with two attached hydrogens (primary N) is 1. The number of aromatic nitrogens is 2. The van der Waals surface area contributed by atoms with Crippen molar-refractivity contribution >= 4 is 5.82 Å². The van der Waals surface area contributed by atoms with E-state index in [0.717, 1.165) is 18.7 Å². The molecule has 2 N–H and O–H groups in total. The van der Waals surface area contributed by atoms with Gasteiger partial charge in [-0.05, 0) is 44.0 Å². The van der Waals surface area contributed by atoms with Crippen LogP contribution in [-0.4, -0.2) is 9.97 Å². The molecule has 0 unspecified atom stereocenters. The molecule has 1 heterocycles. The van der Waals surface area contributed by atoms with Crippen LogP contribution in [0.25, 0.3) is 0 Å². The van der Waals surface area contributed by atoms with Crippen LogP contribution in [0.2, 0.25) is 0 Å². The topological polar surface area (TPSA) is 61.0 Å². The zero-order valence-corrected chi connectivity index (χ0v) is 10.6. The SMILES string of the molecule is Cc1c(N)nc(C2CC2)nc1Oc1ccc(F)cc1. The largest absolute Gasteiger partial charge is 0.439 e. The Balaban J connectivity index is 1.92. The minimum absolute atomic E-state index is 0.301. The summed E-state index contributed by atoms with van der Waals surface area (Å²) >= 11 is 0. The molecule has 1 aromatic heterocycles. The van der Waals surface area contributed by atoms with Gasteiger partial charge in [0.25, 0.3) is 0 Å². The quantitative estimate of drug-likeness (QED) is 0.919. The molecule has 0 bridgehead atoms. The first-order chi connectivity index (χ1) is 9.13. The Bertz CT molecular complexity index is 609. The summed E-state index contributed by atoms with van der Waals surface area (Å²) in [6.07, 6.45) is 2.19. The van der Waals surface area contributed by atoms with Crippen LogP contribution in [0.3, 0.4) is 0 Å². The van der Waals surface area contributed by atoms with Crippen LogP contribution >= 0.6 is 0 Å². The monoisotopic (exact) mass is 259 g/mol. The zero-order valence-electron chi connectivity index (χ0n) is 10.6. The van der Waals surface area contributed by atoms with Crippen molar-refractivity contribution in [3.63, 3.8) is 0 Å². The average Bonchev–Trinajstić information content (AvgIpc) is 3.21. The smallest absolute Gasteiger partial charge is 0.227 e. The number of hydrogen-bond donors (Lipinski definition) is 1. The molecule has 0 spiro atoms. The third-order valence-corrected chi connectivity index (χ3v) is 3.13. The minimum atomic E-state index is -0.301. The van der Waals surface area contributed by atoms with Crippen molar-refractivity contribution in [2.75, 3.05) is 5.73 Å². The third-order valence-electron chi connectivity index (χ3n) is 3.13. The molecule has 0 atom stereocenters. The Labute approximate surface area is 110 Å². The van der Waals surface area contributed by atoms with Gasteiger partial charge in [-0.3, -0.25) is 0 Å². The maximum atomic E-state index is 12.8. The van der Waals surface area contributed by atoms with Crippen molar-refractivity contribution in [1.82, 2.24) is 9.97 Å². The lowest BCUT2D eigenvalue weighted by Gasteiger charge is -2.10. The predicted molar refractivity (Wildman–Crippen MR) is 69.6 cm³/mol. The molecule has 98 valence electrons. The molecule has 0 aliphatic heterocycles. The van der Waals surface area contributed by atoms with Crippen LogP contribution in [0.5, 0.6) is 11.6 Å². The molecular formula is C14H14FN3O. The summed E-state index contributed by atoms with van der Waals surface area (Å²) < 4.78 is 18.5. The van der Waals surface area contributed by atoms with E-state index in [9.17, 15) is 4.39 Å². The molecule has 5 heteroatoms. The molecule has 0 amide bonds. The van der Waals surface area contributed by atoms with Crippen molar-refractivity contribution in [1.29, 1.82) is 0 Å². The van der Waals surface area contributed by atoms with E-state index >= 15 is 0 Å². The summed E-state index contributed by atoms with van der Waals surface area (Å²) in [5.74, 6) is 2.25. The molecule has 2 aromatic rings. The highest BCUT2D eigenvalue weighted by molar-refractivity contribution is 5.46. The summed E-state index contributed by atoms with van der Waals surface area (Å²) in [5.41, 5.74) is 6.58. The van der Waals surface area contributed by atoms with Gasteiger partial charge < -0.3 is 10.5 Å². The predicted octanol–water partition coefficient (Wildman–Crippen LogP) is 3.18. The molecule has 1 fully saturated rings. The van der Waals surface area contributed by atoms with Gasteiger partial charge in [-0.15, -0.1) is 0 Å². The number of ether oxygens (including phenoxy) is 1. The second-order valence-electron chi connectivity index (χ2n) is 4.73. The van der Waals surface area contributed by atoms with E-state index in [4.69, 9.17) is 10.5 Å². The number of nitrogen functional groups attached to an aromatic ring is 1. The fourth-order valence-electron chi connectivity index (χ4n) is 1.77. The molecule has 3 rings (SSSR count). The molecule has 1 saturated carbocycles. The molecular weight excluding hydrogens is 245 g/mol. The van der Waals surface area contributed by atoms with E-state index in [1.54, 1.807) is 12.1 Å². The van der Waals surface area contributed by atoms with E-state index in [1.807, 2.05) is 6.92 Å². The van der Waals surface area contributed by atoms with Gasteiger partial charge >= 0.3 is 0 Å². The highest BCUT2D eigenvalue weighted by atomic mass is 19.1. The number of hydrogen-bond acceptors (Lipinski definition) is 4. The van der Waals surface area contributed by atoms with Crippen molar-refractivity contribution in [3.05, 3.63) is 41.5 Å². The zero-order chi connectivity index (χ0) is 13.4. The maximum absolute atomic E-state index is 12.8. The molecule has 1 aliphatic rings. The number of benzene rings is 1. The van der Waals surface area contributed by atoms with Crippen LogP contribution in [-0.2, 0) is 0 Å². The summed E-state index contributed by atoms with van der Waals surface area (Å²) in [6.45, 7) is 1.81. The lowest BCUT2D eigenvalue weighted by atomic mass is 10.3. The minimum Gasteiger partial charge on any atom is -0.439 e. The van der Waals surface area contributed by atoms with Crippen LogP contribution < -0.4 is 10.5 Å². The molecule has 1 aromatic carbocycles. The number of anilines is 1. The average molecular weight is 259 g/mol. The second-order valence-corrected chi connectivity index (χ2v) is 4.73. The summed E-state index contributed by atoms with van der Waals surface area (Å²) in [4.78, 5) is 8.68. The van der Waals surface area contributed by atoms with Crippen molar-refractivity contribution in [3.8, 4) is 11.6 Å². The summed E-state index contributed by atoms with van der Waals surface area (Å²) in [7, 11) is 0. The molecule has 0 saturated heterocycles. The van der Waals surface area contributed by atoms with Gasteiger partial charge in [-0.1, -0.05) is 0 Å². The first kappa shape index (κ1) is 11.9. The van der Waals surface area contributed by atoms with E-state index in [2.05, 4.69) is 9.97 Å². The van der Waals surface area contributed by atoms with Gasteiger partial charge in [0.2, 0.25) is 5.88 Å². The van der Waals surface area contributed by atoms with E-state index in [0.29, 0.717) is 28.9 Å². The van der Waals surface area contributed by atoms with E-state index in [1.165, 1.54) is 12.1 Å². The molecule has 19 heavy (non-hydrogen) atoms. The van der Waals surface area contributed by atoms with Gasteiger partial charge in [-0.2, -0.15) is 4.98 Å². The van der Waals surface area contributed by atoms with Gasteiger partial charge in [-0.25, -0.2) is 9.37 Å². The Morgan fingerprint density at radius 2 is 1.89 bits per heavy atom. The van der Waals surface area contributed by atoms with Crippen molar-refractivity contribution in [2.24, 2.45) is 0 Å². The van der Waals surface area contributed by atoms with Crippen LogP contribution in [0.15, 0.2) is 24.3 Å². The number of halogens is 1. The normalized spacial score (nSPS) is 14.4. The maximum Gasteiger partial charge on any atom is 0.227 e. The number of nitrogens with zero attached hydrogens (tertiary/aromatic N) is 2. The Morgan fingerprint density at radius 3 is 2.53 bits per heavy atom. The van der Waals surface area contributed by atoms with Crippen LogP contribution in [0, 0.1) is 12.7 Å². The summed E-state index contributed by atoms with van der Waals surface area (Å²) in [6, 6.07) is 5.81. The van der Waals surface area contributed by atoms with E-state index < -0.39 is 0 Å². The number of rotatable bonds is 3. The molecule has 4 nitrogen and oxygen atoms in total. The van der Waals surface area contributed by atoms with Gasteiger partial charge in [0.1, 0.15) is 23.2 Å². The lowest BCUT2D eigenvalue weighted by molar-refractivity contribution is 0.453. The first-order valence-electron chi connectivity index (χ1n) is 6.21. The summed E-state index contributed by atoms with van der Waals surface area (Å²) in [5, 5.41) is 0. The second kappa shape index (κ2) is 4.50. The van der Waals surface area contributed by atoms with E-state index in [-0.39, 0.29) is 5.82 Å². The molecule has 1 aliphatic carbocycles. The van der Waals surface area contributed by atoms with Crippen molar-refractivity contribution in [2.45, 2.75) is 25.7 Å². The highest BCUT2D eigenvalue weighted by Gasteiger charge is 2.28. The lowest BCUT2D eigenvalue weighted by Crippen LogP contribution is -2.04. The van der Waals surface area contributed by atoms with Crippen molar-refractivity contribution < 1.29 is 9.13 Å². The van der Waals surface area contributed by atoms with Gasteiger partial charge in [0.05, 0.1) is 5.56 Å². The fraction of sp³-hybridized carbons (Fsp3) is 0.286. The third kappa shape index (κ3) is 2.50.